The van der Waals surface area contributed by atoms with E-state index in [4.69, 9.17) is 0 Å². The van der Waals surface area contributed by atoms with E-state index < -0.39 is 24.3 Å². The average molecular weight is 261 g/mol. The number of carboxylic acid groups (broad SMARTS) is 2. The maximum atomic E-state index is 10.6. The van der Waals surface area contributed by atoms with E-state index in [9.17, 15) is 19.8 Å². The van der Waals surface area contributed by atoms with Crippen LogP contribution < -0.4 is 69.3 Å². The summed E-state index contributed by atoms with van der Waals surface area (Å²) in [6.45, 7) is 6.15. The van der Waals surface area contributed by atoms with E-state index in [2.05, 4.69) is 0 Å². The van der Waals surface area contributed by atoms with Crippen LogP contribution in [0.4, 0.5) is 0 Å². The smallest absolute Gasteiger partial charge is 0.550 e. The van der Waals surface area contributed by atoms with Crippen LogP contribution in [0, 0.1) is 5.92 Å². The number of hydrogen-bond acceptors (Lipinski definition) is 5. The van der Waals surface area contributed by atoms with Crippen molar-refractivity contribution in [2.24, 2.45) is 5.92 Å². The van der Waals surface area contributed by atoms with Crippen LogP contribution in [0.3, 0.4) is 0 Å². The molecule has 0 saturated heterocycles. The van der Waals surface area contributed by atoms with Gasteiger partial charge in [-0.3, -0.25) is 0 Å². The molecular weight excluding hydrogens is 244 g/mol. The number of hydrogen-bond donors (Lipinski definition) is 0. The zero-order valence-electron chi connectivity index (χ0n) is 11.2. The van der Waals surface area contributed by atoms with Crippen LogP contribution in [-0.4, -0.2) is 36.5 Å². The van der Waals surface area contributed by atoms with Crippen LogP contribution in [0.15, 0.2) is 0 Å². The SMILES string of the molecule is CCN(CC)CCC(CC(=O)[O-])C(=O)[O-].[Na+].[Na+]. The first kappa shape index (κ1) is 23.0. The maximum absolute atomic E-state index is 10.6. The molecule has 0 aromatic heterocycles. The number of carboxylic acids is 2. The Hall–Kier alpha value is 0.900. The molecule has 0 amide bonds. The minimum Gasteiger partial charge on any atom is -0.550 e. The molecule has 7 heteroatoms. The Balaban J connectivity index is -0.000000980. The largest absolute Gasteiger partial charge is 1.00 e. The zero-order valence-corrected chi connectivity index (χ0v) is 15.2. The second-order valence-corrected chi connectivity index (χ2v) is 3.41. The van der Waals surface area contributed by atoms with Crippen molar-refractivity contribution in [2.75, 3.05) is 19.6 Å². The van der Waals surface area contributed by atoms with E-state index in [0.717, 1.165) is 13.1 Å². The second-order valence-electron chi connectivity index (χ2n) is 3.41. The van der Waals surface area contributed by atoms with Gasteiger partial charge in [-0.05, 0) is 32.5 Å². The van der Waals surface area contributed by atoms with Gasteiger partial charge in [0.05, 0.1) is 0 Å². The summed E-state index contributed by atoms with van der Waals surface area (Å²) in [4.78, 5) is 22.9. The van der Waals surface area contributed by atoms with Gasteiger partial charge in [0.15, 0.2) is 0 Å². The van der Waals surface area contributed by atoms with Crippen LogP contribution >= 0.6 is 0 Å². The van der Waals surface area contributed by atoms with Crippen molar-refractivity contribution in [1.82, 2.24) is 4.90 Å². The molecule has 0 bridgehead atoms. The first-order chi connectivity index (χ1) is 7.01. The van der Waals surface area contributed by atoms with Crippen LogP contribution in [0.1, 0.15) is 26.7 Å². The van der Waals surface area contributed by atoms with Crippen LogP contribution in [0.25, 0.3) is 0 Å². The fraction of sp³-hybridized carbons (Fsp3) is 0.800. The third-order valence-electron chi connectivity index (χ3n) is 2.43. The molecule has 0 aliphatic rings. The van der Waals surface area contributed by atoms with Gasteiger partial charge in [-0.15, -0.1) is 0 Å². The van der Waals surface area contributed by atoms with Gasteiger partial charge in [-0.1, -0.05) is 13.8 Å². The molecule has 0 radical (unpaired) electrons. The van der Waals surface area contributed by atoms with E-state index in [1.54, 1.807) is 0 Å². The molecule has 0 aliphatic carbocycles. The first-order valence-electron chi connectivity index (χ1n) is 5.14. The van der Waals surface area contributed by atoms with Gasteiger partial charge in [0.1, 0.15) is 0 Å². The molecule has 17 heavy (non-hydrogen) atoms. The molecular formula is C10H17NNa2O4. The van der Waals surface area contributed by atoms with E-state index in [1.807, 2.05) is 18.7 Å². The molecule has 5 nitrogen and oxygen atoms in total. The summed E-state index contributed by atoms with van der Waals surface area (Å²) >= 11 is 0. The molecule has 0 N–H and O–H groups in total. The monoisotopic (exact) mass is 261 g/mol. The zero-order chi connectivity index (χ0) is 11.8. The van der Waals surface area contributed by atoms with Gasteiger partial charge in [-0.25, -0.2) is 0 Å². The topological polar surface area (TPSA) is 83.5 Å². The summed E-state index contributed by atoms with van der Waals surface area (Å²) in [5.74, 6) is -3.61. The molecule has 0 aromatic rings. The summed E-state index contributed by atoms with van der Waals surface area (Å²) in [5, 5.41) is 20.9. The minimum atomic E-state index is -1.34. The van der Waals surface area contributed by atoms with Gasteiger partial charge >= 0.3 is 59.1 Å². The second kappa shape index (κ2) is 13.3. The molecule has 1 atom stereocenters. The third-order valence-corrected chi connectivity index (χ3v) is 2.43. The molecule has 0 aromatic carbocycles. The van der Waals surface area contributed by atoms with Crippen molar-refractivity contribution in [1.29, 1.82) is 0 Å². The number of aliphatic carboxylic acids is 2. The fourth-order valence-electron chi connectivity index (χ4n) is 1.38. The number of carbonyl (C=O) groups is 2. The summed E-state index contributed by atoms with van der Waals surface area (Å²) in [5.41, 5.74) is 0. The van der Waals surface area contributed by atoms with Crippen LogP contribution in [-0.2, 0) is 9.59 Å². The average Bonchev–Trinajstić information content (AvgIpc) is 2.16. The summed E-state index contributed by atoms with van der Waals surface area (Å²) in [6.07, 6.45) is -0.179. The molecule has 0 spiro atoms. The van der Waals surface area contributed by atoms with Gasteiger partial charge in [-0.2, -0.15) is 0 Å². The predicted molar refractivity (Wildman–Crippen MR) is 50.5 cm³/mol. The molecule has 1 unspecified atom stereocenters. The van der Waals surface area contributed by atoms with Gasteiger partial charge in [0.25, 0.3) is 0 Å². The Morgan fingerprint density at radius 2 is 1.59 bits per heavy atom. The molecule has 0 rings (SSSR count). The Morgan fingerprint density at radius 1 is 1.12 bits per heavy atom. The maximum Gasteiger partial charge on any atom is 1.00 e. The molecule has 0 aliphatic heterocycles. The van der Waals surface area contributed by atoms with Gasteiger partial charge in [0.2, 0.25) is 0 Å². The fourth-order valence-corrected chi connectivity index (χ4v) is 1.38. The normalized spacial score (nSPS) is 11.2. The van der Waals surface area contributed by atoms with Crippen LogP contribution in [0.2, 0.25) is 0 Å². The Bertz CT molecular complexity index is 222. The Kier molecular flexibility index (Phi) is 18.1. The molecule has 0 heterocycles. The summed E-state index contributed by atoms with van der Waals surface area (Å²) in [7, 11) is 0. The van der Waals surface area contributed by atoms with Crippen molar-refractivity contribution in [3.05, 3.63) is 0 Å². The number of carbonyl (C=O) groups excluding carboxylic acids is 2. The van der Waals surface area contributed by atoms with Crippen molar-refractivity contribution >= 4 is 11.9 Å². The number of rotatable bonds is 8. The quantitative estimate of drug-likeness (QED) is 0.405. The van der Waals surface area contributed by atoms with Crippen molar-refractivity contribution in [2.45, 2.75) is 26.7 Å². The summed E-state index contributed by atoms with van der Waals surface area (Å²) < 4.78 is 0. The van der Waals surface area contributed by atoms with Crippen molar-refractivity contribution < 1.29 is 78.9 Å². The van der Waals surface area contributed by atoms with Gasteiger partial charge < -0.3 is 24.7 Å². The van der Waals surface area contributed by atoms with Gasteiger partial charge in [0, 0.05) is 17.9 Å². The number of nitrogens with zero attached hydrogens (tertiary/aromatic N) is 1. The first-order valence-corrected chi connectivity index (χ1v) is 5.14. The van der Waals surface area contributed by atoms with E-state index >= 15 is 0 Å². The molecule has 0 saturated carbocycles. The van der Waals surface area contributed by atoms with E-state index in [-0.39, 0.29) is 65.5 Å². The molecule has 0 fully saturated rings. The standard InChI is InChI=1S/C10H19NO4.2Na/c1-3-11(4-2)6-5-8(10(14)15)7-9(12)13;;/h8H,3-7H2,1-2H3,(H,12,13)(H,14,15);;/q;2*+1/p-2. The van der Waals surface area contributed by atoms with E-state index in [1.165, 1.54) is 0 Å². The van der Waals surface area contributed by atoms with E-state index in [0.29, 0.717) is 6.54 Å². The minimum absolute atomic E-state index is 0. The Morgan fingerprint density at radius 3 is 1.88 bits per heavy atom. The third kappa shape index (κ3) is 11.7. The van der Waals surface area contributed by atoms with Crippen molar-refractivity contribution in [3.8, 4) is 0 Å². The summed E-state index contributed by atoms with van der Waals surface area (Å²) in [6, 6.07) is 0. The Labute approximate surface area is 147 Å². The predicted octanol–water partition coefficient (Wildman–Crippen LogP) is -7.77. The molecule has 88 valence electrons. The van der Waals surface area contributed by atoms with Crippen LogP contribution in [0.5, 0.6) is 0 Å². The van der Waals surface area contributed by atoms with Crippen molar-refractivity contribution in [3.63, 3.8) is 0 Å².